The maximum atomic E-state index is 14.6. The molecular formula is C29H33FN6O5. The highest BCUT2D eigenvalue weighted by atomic mass is 19.1. The van der Waals surface area contributed by atoms with E-state index in [0.29, 0.717) is 85.0 Å². The topological polar surface area (TPSA) is 146 Å². The van der Waals surface area contributed by atoms with Crippen LogP contribution in [0.5, 0.6) is 11.5 Å². The number of carbonyl (C=O) groups is 3. The number of amides is 3. The van der Waals surface area contributed by atoms with Crippen LogP contribution in [0.2, 0.25) is 0 Å². The lowest BCUT2D eigenvalue weighted by molar-refractivity contribution is -0.121. The molecule has 12 heteroatoms. The fourth-order valence-electron chi connectivity index (χ4n) is 5.12. The van der Waals surface area contributed by atoms with Crippen LogP contribution in [0.15, 0.2) is 36.7 Å². The highest BCUT2D eigenvalue weighted by molar-refractivity contribution is 6.07. The Hall–Kier alpha value is -4.61. The Balaban J connectivity index is 1.59. The number of aromatic nitrogens is 2. The number of nitrogens with one attached hydrogen (secondary N) is 5. The van der Waals surface area contributed by atoms with E-state index in [1.165, 1.54) is 13.2 Å². The molecule has 3 aromatic rings. The van der Waals surface area contributed by atoms with Crippen molar-refractivity contribution in [2.75, 3.05) is 38.7 Å². The number of halogens is 1. The van der Waals surface area contributed by atoms with Crippen molar-refractivity contribution in [3.8, 4) is 22.8 Å². The van der Waals surface area contributed by atoms with Crippen molar-refractivity contribution in [3.05, 3.63) is 53.7 Å². The predicted octanol–water partition coefficient (Wildman–Crippen LogP) is 3.37. The second-order valence-electron chi connectivity index (χ2n) is 9.95. The van der Waals surface area contributed by atoms with Gasteiger partial charge in [-0.3, -0.25) is 19.4 Å². The van der Waals surface area contributed by atoms with Gasteiger partial charge in [-0.1, -0.05) is 6.07 Å². The molecule has 0 unspecified atom stereocenters. The van der Waals surface area contributed by atoms with Crippen LogP contribution < -0.4 is 30.7 Å². The van der Waals surface area contributed by atoms with Gasteiger partial charge in [0.2, 0.25) is 11.8 Å². The summed E-state index contributed by atoms with van der Waals surface area (Å²) >= 11 is 0. The van der Waals surface area contributed by atoms with E-state index in [9.17, 15) is 18.8 Å². The number of hydrogen-bond acceptors (Lipinski definition) is 7. The molecule has 1 aromatic carbocycles. The number of ether oxygens (including phenoxy) is 2. The van der Waals surface area contributed by atoms with E-state index in [-0.39, 0.29) is 42.4 Å². The number of fused-ring (bicyclic) bond motifs is 3. The van der Waals surface area contributed by atoms with Crippen molar-refractivity contribution in [1.29, 1.82) is 0 Å². The van der Waals surface area contributed by atoms with E-state index < -0.39 is 5.82 Å². The van der Waals surface area contributed by atoms with Gasteiger partial charge >= 0.3 is 0 Å². The van der Waals surface area contributed by atoms with Crippen LogP contribution in [-0.4, -0.2) is 61.0 Å². The van der Waals surface area contributed by atoms with Gasteiger partial charge in [-0.2, -0.15) is 0 Å². The molecule has 0 fully saturated rings. The predicted molar refractivity (Wildman–Crippen MR) is 150 cm³/mol. The minimum Gasteiger partial charge on any atom is -0.492 e. The second kappa shape index (κ2) is 12.7. The molecule has 2 aliphatic rings. The van der Waals surface area contributed by atoms with E-state index in [2.05, 4.69) is 31.2 Å². The monoisotopic (exact) mass is 564 g/mol. The van der Waals surface area contributed by atoms with E-state index in [4.69, 9.17) is 9.47 Å². The number of benzene rings is 1. The first-order valence-electron chi connectivity index (χ1n) is 13.7. The number of pyridine rings is 1. The van der Waals surface area contributed by atoms with Gasteiger partial charge in [0.1, 0.15) is 5.75 Å². The first kappa shape index (κ1) is 27.9. The first-order chi connectivity index (χ1) is 20.0. The number of rotatable bonds is 3. The van der Waals surface area contributed by atoms with Crippen LogP contribution in [0, 0.1) is 5.82 Å². The van der Waals surface area contributed by atoms with Crippen LogP contribution in [0.4, 0.5) is 15.8 Å². The number of aromatic amines is 1. The molecule has 41 heavy (non-hydrogen) atoms. The smallest absolute Gasteiger partial charge is 0.255 e. The summed E-state index contributed by atoms with van der Waals surface area (Å²) in [6.07, 6.45) is 5.61. The normalized spacial score (nSPS) is 18.3. The average molecular weight is 565 g/mol. The standard InChI is InChI=1S/C29H33FN6O5/c1-40-28-19(30)6-4-7-20(28)35-27-24-25-17(15-34-29(24)39)14-23(38)33-10-3-2-8-22(37)32-11-5-13-41-21-16-31-12-9-18(21)26(27)36-25/h4,6-7,9,12,16-17,35-36H,2-3,5,8,10-11,13-15H2,1H3,(H,32,37)(H,33,38)(H,34,39)/t17-/m0/s1. The summed E-state index contributed by atoms with van der Waals surface area (Å²) < 4.78 is 26.0. The zero-order valence-corrected chi connectivity index (χ0v) is 22.8. The van der Waals surface area contributed by atoms with Gasteiger partial charge in [-0.25, -0.2) is 4.39 Å². The summed E-state index contributed by atoms with van der Waals surface area (Å²) in [4.78, 5) is 45.9. The molecule has 0 saturated carbocycles. The Morgan fingerprint density at radius 1 is 1.05 bits per heavy atom. The van der Waals surface area contributed by atoms with E-state index in [0.717, 1.165) is 0 Å². The molecule has 216 valence electrons. The Morgan fingerprint density at radius 2 is 1.88 bits per heavy atom. The molecule has 0 radical (unpaired) electrons. The molecule has 2 aliphatic heterocycles. The third-order valence-corrected chi connectivity index (χ3v) is 7.14. The number of para-hydroxylation sites is 1. The van der Waals surface area contributed by atoms with Gasteiger partial charge in [0, 0.05) is 55.8 Å². The number of nitrogens with zero attached hydrogens (tertiary/aromatic N) is 1. The number of methoxy groups -OCH3 is 1. The summed E-state index contributed by atoms with van der Waals surface area (Å²) in [5.41, 5.74) is 2.77. The van der Waals surface area contributed by atoms with Crippen molar-refractivity contribution in [2.45, 2.75) is 38.0 Å². The Bertz CT molecular complexity index is 1440. The summed E-state index contributed by atoms with van der Waals surface area (Å²) in [5.74, 6) is -0.976. The van der Waals surface area contributed by atoms with E-state index >= 15 is 0 Å². The van der Waals surface area contributed by atoms with E-state index in [1.54, 1.807) is 30.6 Å². The molecule has 0 spiro atoms. The molecule has 4 heterocycles. The molecule has 2 aromatic heterocycles. The van der Waals surface area contributed by atoms with Crippen molar-refractivity contribution in [1.82, 2.24) is 25.9 Å². The van der Waals surface area contributed by atoms with Crippen molar-refractivity contribution < 1.29 is 28.2 Å². The molecule has 11 nitrogen and oxygen atoms in total. The van der Waals surface area contributed by atoms with Crippen LogP contribution in [0.3, 0.4) is 0 Å². The summed E-state index contributed by atoms with van der Waals surface area (Å²) in [6.45, 7) is 1.49. The van der Waals surface area contributed by atoms with Gasteiger partial charge in [-0.05, 0) is 37.5 Å². The maximum Gasteiger partial charge on any atom is 0.255 e. The van der Waals surface area contributed by atoms with Crippen LogP contribution >= 0.6 is 0 Å². The number of H-pyrrole nitrogens is 1. The summed E-state index contributed by atoms with van der Waals surface area (Å²) in [7, 11) is 1.37. The zero-order valence-electron chi connectivity index (χ0n) is 22.8. The van der Waals surface area contributed by atoms with Gasteiger partial charge in [0.05, 0.1) is 42.5 Å². The Kier molecular flexibility index (Phi) is 8.66. The molecule has 0 saturated heterocycles. The Morgan fingerprint density at radius 3 is 2.73 bits per heavy atom. The number of hydrogen-bond donors (Lipinski definition) is 5. The lowest BCUT2D eigenvalue weighted by Crippen LogP contribution is -2.37. The summed E-state index contributed by atoms with van der Waals surface area (Å²) in [6, 6.07) is 6.24. The molecule has 0 aliphatic carbocycles. The maximum absolute atomic E-state index is 14.6. The van der Waals surface area contributed by atoms with Gasteiger partial charge in [0.25, 0.3) is 5.91 Å². The van der Waals surface area contributed by atoms with Crippen molar-refractivity contribution in [2.24, 2.45) is 0 Å². The average Bonchev–Trinajstić information content (AvgIpc) is 3.34. The van der Waals surface area contributed by atoms with Gasteiger partial charge in [0.15, 0.2) is 11.6 Å². The van der Waals surface area contributed by atoms with E-state index in [1.807, 2.05) is 0 Å². The SMILES string of the molecule is COc1c(F)cccc1Nc1c2[nH]c3c1C(=O)NC[C@@H]3CC(=O)NCCCCC(=O)NCCCOc1cnccc1-2. The van der Waals surface area contributed by atoms with Crippen LogP contribution in [0.25, 0.3) is 11.3 Å². The molecular weight excluding hydrogens is 531 g/mol. The number of anilines is 2. The molecule has 5 rings (SSSR count). The van der Waals surface area contributed by atoms with Crippen molar-refractivity contribution >= 4 is 29.1 Å². The molecule has 5 N–H and O–H groups in total. The molecule has 2 bridgehead atoms. The second-order valence-corrected chi connectivity index (χ2v) is 9.95. The summed E-state index contributed by atoms with van der Waals surface area (Å²) in [5, 5.41) is 11.9. The largest absolute Gasteiger partial charge is 0.492 e. The van der Waals surface area contributed by atoms with Gasteiger partial charge < -0.3 is 35.7 Å². The first-order valence-corrected chi connectivity index (χ1v) is 13.7. The van der Waals surface area contributed by atoms with Gasteiger partial charge in [-0.15, -0.1) is 0 Å². The minimum absolute atomic E-state index is 0.00441. The van der Waals surface area contributed by atoms with Crippen molar-refractivity contribution in [3.63, 3.8) is 0 Å². The quantitative estimate of drug-likeness (QED) is 0.328. The zero-order chi connectivity index (χ0) is 28.8. The third-order valence-electron chi connectivity index (χ3n) is 7.14. The minimum atomic E-state index is -0.560. The highest BCUT2D eigenvalue weighted by Crippen LogP contribution is 2.44. The molecule has 3 amide bonds. The van der Waals surface area contributed by atoms with Crippen LogP contribution in [-0.2, 0) is 9.59 Å². The fourth-order valence-corrected chi connectivity index (χ4v) is 5.12. The third kappa shape index (κ3) is 6.26. The van der Waals surface area contributed by atoms with Crippen LogP contribution in [0.1, 0.15) is 54.1 Å². The number of carbonyl (C=O) groups excluding carboxylic acids is 3. The molecule has 1 atom stereocenters. The lowest BCUT2D eigenvalue weighted by atomic mass is 9.93. The fraction of sp³-hybridized carbons (Fsp3) is 0.379. The highest BCUT2D eigenvalue weighted by Gasteiger charge is 2.34. The lowest BCUT2D eigenvalue weighted by Gasteiger charge is -2.23. The Labute approximate surface area is 236 Å².